The van der Waals surface area contributed by atoms with Crippen molar-refractivity contribution in [2.45, 2.75) is 38.1 Å². The predicted molar refractivity (Wildman–Crippen MR) is 185 cm³/mol. The fourth-order valence-electron chi connectivity index (χ4n) is 5.71. The minimum atomic E-state index is -4.50. The standard InChI is InChI=1S/C38H38F3N5O5/c39-38(40,41)29-7-1-4-25(20-29)24-44-36(48)28-12-13-42-34(22-28)32-23-31(51-30-8-3-9-30)10-11-33(32)45-37(49)27-6-2-5-26(21-27)35(47)43-14-15-46-16-18-50-19-17-46/h1-2,4-7,10-13,20-23,30H,3,8-9,14-19,24H2,(H,43,47)(H,44,48)(H,45,49). The number of benzene rings is 3. The molecule has 51 heavy (non-hydrogen) atoms. The molecule has 3 aromatic carbocycles. The van der Waals surface area contributed by atoms with Gasteiger partial charge in [-0.25, -0.2) is 0 Å². The second-order valence-corrected chi connectivity index (χ2v) is 12.4. The van der Waals surface area contributed by atoms with Crippen LogP contribution in [0, 0.1) is 0 Å². The third-order valence-corrected chi connectivity index (χ3v) is 8.80. The molecule has 1 aromatic heterocycles. The van der Waals surface area contributed by atoms with Crippen LogP contribution in [-0.4, -0.2) is 73.1 Å². The van der Waals surface area contributed by atoms with Crippen LogP contribution in [0.5, 0.6) is 5.75 Å². The topological polar surface area (TPSA) is 122 Å². The smallest absolute Gasteiger partial charge is 0.416 e. The summed E-state index contributed by atoms with van der Waals surface area (Å²) in [6.07, 6.45) is -0.0154. The van der Waals surface area contributed by atoms with Crippen molar-refractivity contribution in [2.24, 2.45) is 0 Å². The van der Waals surface area contributed by atoms with E-state index >= 15 is 0 Å². The van der Waals surface area contributed by atoms with Crippen LogP contribution < -0.4 is 20.7 Å². The number of rotatable bonds is 12. The van der Waals surface area contributed by atoms with Crippen LogP contribution in [0.15, 0.2) is 85.1 Å². The summed E-state index contributed by atoms with van der Waals surface area (Å²) in [5.41, 5.74) is 1.60. The summed E-state index contributed by atoms with van der Waals surface area (Å²) in [5.74, 6) is -0.682. The first-order valence-electron chi connectivity index (χ1n) is 16.8. The van der Waals surface area contributed by atoms with E-state index in [1.165, 1.54) is 30.5 Å². The number of carbonyl (C=O) groups is 3. The Kier molecular flexibility index (Phi) is 11.3. The average Bonchev–Trinajstić information content (AvgIpc) is 3.13. The van der Waals surface area contributed by atoms with Crippen molar-refractivity contribution >= 4 is 23.4 Å². The highest BCUT2D eigenvalue weighted by Crippen LogP contribution is 2.34. The van der Waals surface area contributed by atoms with Gasteiger partial charge in [0.1, 0.15) is 5.75 Å². The molecule has 1 saturated heterocycles. The first-order valence-corrected chi connectivity index (χ1v) is 16.8. The predicted octanol–water partition coefficient (Wildman–Crippen LogP) is 5.94. The van der Waals surface area contributed by atoms with Gasteiger partial charge in [0.15, 0.2) is 0 Å². The normalized spacial score (nSPS) is 15.0. The molecule has 266 valence electrons. The van der Waals surface area contributed by atoms with Crippen molar-refractivity contribution in [3.8, 4) is 17.0 Å². The van der Waals surface area contributed by atoms with Crippen LogP contribution >= 0.6 is 0 Å². The number of hydrogen-bond donors (Lipinski definition) is 3. The Hall–Kier alpha value is -5.27. The summed E-state index contributed by atoms with van der Waals surface area (Å²) in [4.78, 5) is 46.3. The summed E-state index contributed by atoms with van der Waals surface area (Å²) in [6, 6.07) is 19.4. The maximum atomic E-state index is 13.5. The molecule has 0 radical (unpaired) electrons. The molecule has 0 spiro atoms. The highest BCUT2D eigenvalue weighted by atomic mass is 19.4. The molecule has 0 atom stereocenters. The van der Waals surface area contributed by atoms with Gasteiger partial charge < -0.3 is 25.4 Å². The molecule has 3 amide bonds. The van der Waals surface area contributed by atoms with Gasteiger partial charge in [0.25, 0.3) is 17.7 Å². The fourth-order valence-corrected chi connectivity index (χ4v) is 5.71. The lowest BCUT2D eigenvalue weighted by Crippen LogP contribution is -2.41. The Labute approximate surface area is 293 Å². The maximum Gasteiger partial charge on any atom is 0.416 e. The molecule has 2 fully saturated rings. The second kappa shape index (κ2) is 16.2. The first kappa shape index (κ1) is 35.6. The zero-order valence-corrected chi connectivity index (χ0v) is 27.8. The fraction of sp³-hybridized carbons (Fsp3) is 0.316. The van der Waals surface area contributed by atoms with E-state index in [-0.39, 0.29) is 29.7 Å². The lowest BCUT2D eigenvalue weighted by atomic mass is 9.96. The van der Waals surface area contributed by atoms with E-state index in [9.17, 15) is 27.6 Å². The first-order chi connectivity index (χ1) is 24.6. The third kappa shape index (κ3) is 9.50. The average molecular weight is 702 g/mol. The SMILES string of the molecule is O=C(NCCN1CCOCC1)c1cccc(C(=O)Nc2ccc(OC3CCC3)cc2-c2cc(C(=O)NCc3cccc(C(F)(F)F)c3)ccn2)c1. The van der Waals surface area contributed by atoms with Gasteiger partial charge in [-0.2, -0.15) is 13.2 Å². The van der Waals surface area contributed by atoms with Crippen LogP contribution in [0.25, 0.3) is 11.3 Å². The molecule has 2 aliphatic rings. The van der Waals surface area contributed by atoms with Crippen LogP contribution in [0.2, 0.25) is 0 Å². The zero-order chi connectivity index (χ0) is 35.8. The molecule has 0 unspecified atom stereocenters. The summed E-state index contributed by atoms with van der Waals surface area (Å²) < 4.78 is 51.0. The van der Waals surface area contributed by atoms with Crippen LogP contribution in [0.4, 0.5) is 18.9 Å². The number of anilines is 1. The van der Waals surface area contributed by atoms with Gasteiger partial charge in [-0.3, -0.25) is 24.3 Å². The van der Waals surface area contributed by atoms with Gasteiger partial charge in [0.2, 0.25) is 0 Å². The monoisotopic (exact) mass is 701 g/mol. The largest absolute Gasteiger partial charge is 0.490 e. The van der Waals surface area contributed by atoms with Gasteiger partial charge >= 0.3 is 6.18 Å². The minimum Gasteiger partial charge on any atom is -0.490 e. The van der Waals surface area contributed by atoms with E-state index in [1.54, 1.807) is 42.5 Å². The summed E-state index contributed by atoms with van der Waals surface area (Å²) >= 11 is 0. The lowest BCUT2D eigenvalue weighted by Gasteiger charge is -2.27. The van der Waals surface area contributed by atoms with Gasteiger partial charge in [0.05, 0.1) is 36.3 Å². The molecule has 2 heterocycles. The number of halogens is 3. The molecular formula is C38H38F3N5O5. The van der Waals surface area contributed by atoms with Crippen LogP contribution in [0.3, 0.4) is 0 Å². The van der Waals surface area contributed by atoms with Crippen molar-refractivity contribution < 1.29 is 37.0 Å². The van der Waals surface area contributed by atoms with Gasteiger partial charge in [-0.1, -0.05) is 18.2 Å². The van der Waals surface area contributed by atoms with E-state index in [0.29, 0.717) is 60.1 Å². The summed E-state index contributed by atoms with van der Waals surface area (Å²) in [6.45, 7) is 4.03. The number of aromatic nitrogens is 1. The van der Waals surface area contributed by atoms with E-state index in [4.69, 9.17) is 9.47 Å². The molecule has 1 saturated carbocycles. The van der Waals surface area contributed by atoms with Crippen molar-refractivity contribution in [1.29, 1.82) is 0 Å². The van der Waals surface area contributed by atoms with Crippen molar-refractivity contribution in [1.82, 2.24) is 20.5 Å². The molecule has 3 N–H and O–H groups in total. The molecule has 0 bridgehead atoms. The molecule has 1 aliphatic carbocycles. The van der Waals surface area contributed by atoms with E-state index in [2.05, 4.69) is 25.8 Å². The number of carbonyl (C=O) groups excluding carboxylic acids is 3. The molecule has 10 nitrogen and oxygen atoms in total. The van der Waals surface area contributed by atoms with Crippen molar-refractivity contribution in [3.63, 3.8) is 0 Å². The Morgan fingerprint density at radius 3 is 2.31 bits per heavy atom. The Morgan fingerprint density at radius 2 is 1.57 bits per heavy atom. The number of nitrogens with one attached hydrogen (secondary N) is 3. The molecular weight excluding hydrogens is 663 g/mol. The quantitative estimate of drug-likeness (QED) is 0.167. The van der Waals surface area contributed by atoms with Crippen molar-refractivity contribution in [2.75, 3.05) is 44.7 Å². The van der Waals surface area contributed by atoms with E-state index < -0.39 is 23.6 Å². The Morgan fingerprint density at radius 1 is 0.843 bits per heavy atom. The molecule has 13 heteroatoms. The van der Waals surface area contributed by atoms with Gasteiger partial charge in [-0.15, -0.1) is 0 Å². The minimum absolute atomic E-state index is 0.0852. The third-order valence-electron chi connectivity index (χ3n) is 8.80. The van der Waals surface area contributed by atoms with Crippen LogP contribution in [-0.2, 0) is 17.5 Å². The second-order valence-electron chi connectivity index (χ2n) is 12.4. The number of morpholine rings is 1. The maximum absolute atomic E-state index is 13.5. The summed E-state index contributed by atoms with van der Waals surface area (Å²) in [7, 11) is 0. The number of pyridine rings is 1. The van der Waals surface area contributed by atoms with E-state index in [1.807, 2.05) is 0 Å². The molecule has 1 aliphatic heterocycles. The highest BCUT2D eigenvalue weighted by molar-refractivity contribution is 6.08. The summed E-state index contributed by atoms with van der Waals surface area (Å²) in [5, 5.41) is 8.50. The van der Waals surface area contributed by atoms with Crippen molar-refractivity contribution in [3.05, 3.63) is 113 Å². The number of nitrogens with zero attached hydrogens (tertiary/aromatic N) is 2. The van der Waals surface area contributed by atoms with Gasteiger partial charge in [-0.05, 0) is 85.5 Å². The number of ether oxygens (including phenoxy) is 2. The number of alkyl halides is 3. The van der Waals surface area contributed by atoms with Gasteiger partial charge in [0, 0.05) is 61.2 Å². The molecule has 4 aromatic rings. The molecule has 6 rings (SSSR count). The Bertz CT molecular complexity index is 1870. The van der Waals surface area contributed by atoms with Crippen LogP contribution in [0.1, 0.15) is 61.5 Å². The zero-order valence-electron chi connectivity index (χ0n) is 27.8. The van der Waals surface area contributed by atoms with E-state index in [0.717, 1.165) is 44.5 Å². The number of hydrogen-bond acceptors (Lipinski definition) is 7. The highest BCUT2D eigenvalue weighted by Gasteiger charge is 2.30. The lowest BCUT2D eigenvalue weighted by molar-refractivity contribution is -0.137. The number of amides is 3. The Balaban J connectivity index is 1.17.